The second-order valence-corrected chi connectivity index (χ2v) is 5.72. The molecule has 2 unspecified atom stereocenters. The van der Waals surface area contributed by atoms with Crippen molar-refractivity contribution in [3.63, 3.8) is 0 Å². The SMILES string of the molecule is Cc1cc(O)ccc1C(=O)N1CC(C)C(N(C)C)C1. The van der Waals surface area contributed by atoms with Crippen molar-refractivity contribution in [3.05, 3.63) is 29.3 Å². The van der Waals surface area contributed by atoms with E-state index in [0.717, 1.165) is 18.7 Å². The molecule has 1 heterocycles. The third-order valence-corrected chi connectivity index (χ3v) is 3.96. The lowest BCUT2D eigenvalue weighted by Crippen LogP contribution is -2.35. The molecule has 0 aliphatic carbocycles. The van der Waals surface area contributed by atoms with Crippen molar-refractivity contribution in [1.29, 1.82) is 0 Å². The van der Waals surface area contributed by atoms with Crippen LogP contribution >= 0.6 is 0 Å². The highest BCUT2D eigenvalue weighted by molar-refractivity contribution is 5.96. The highest BCUT2D eigenvalue weighted by Gasteiger charge is 2.34. The van der Waals surface area contributed by atoms with Gasteiger partial charge >= 0.3 is 0 Å². The van der Waals surface area contributed by atoms with Crippen LogP contribution in [0.1, 0.15) is 22.8 Å². The van der Waals surface area contributed by atoms with Crippen LogP contribution in [0.25, 0.3) is 0 Å². The number of phenolic OH excluding ortho intramolecular Hbond substituents is 1. The summed E-state index contributed by atoms with van der Waals surface area (Å²) in [5.41, 5.74) is 1.51. The molecule has 1 aliphatic heterocycles. The van der Waals surface area contributed by atoms with Crippen LogP contribution in [0, 0.1) is 12.8 Å². The molecule has 19 heavy (non-hydrogen) atoms. The van der Waals surface area contributed by atoms with Crippen LogP contribution in [0.2, 0.25) is 0 Å². The average Bonchev–Trinajstić information content (AvgIpc) is 2.70. The number of benzene rings is 1. The smallest absolute Gasteiger partial charge is 0.254 e. The Bertz CT molecular complexity index is 485. The number of rotatable bonds is 2. The van der Waals surface area contributed by atoms with Gasteiger partial charge in [0.25, 0.3) is 5.91 Å². The van der Waals surface area contributed by atoms with E-state index < -0.39 is 0 Å². The summed E-state index contributed by atoms with van der Waals surface area (Å²) in [6.45, 7) is 5.60. The van der Waals surface area contributed by atoms with Crippen LogP contribution in [0.15, 0.2) is 18.2 Å². The first kappa shape index (κ1) is 13.9. The van der Waals surface area contributed by atoms with E-state index in [9.17, 15) is 9.90 Å². The fourth-order valence-electron chi connectivity index (χ4n) is 2.85. The average molecular weight is 262 g/mol. The Kier molecular flexibility index (Phi) is 3.80. The Labute approximate surface area is 114 Å². The van der Waals surface area contributed by atoms with Gasteiger partial charge in [-0.05, 0) is 50.7 Å². The zero-order chi connectivity index (χ0) is 14.2. The molecule has 0 radical (unpaired) electrons. The number of amides is 1. The molecule has 4 nitrogen and oxygen atoms in total. The summed E-state index contributed by atoms with van der Waals surface area (Å²) >= 11 is 0. The topological polar surface area (TPSA) is 43.8 Å². The number of aryl methyl sites for hydroxylation is 1. The molecular weight excluding hydrogens is 240 g/mol. The maximum absolute atomic E-state index is 12.5. The Balaban J connectivity index is 2.17. The van der Waals surface area contributed by atoms with Gasteiger partial charge in [-0.3, -0.25) is 4.79 Å². The van der Waals surface area contributed by atoms with Crippen LogP contribution in [-0.4, -0.2) is 54.0 Å². The monoisotopic (exact) mass is 262 g/mol. The Hall–Kier alpha value is -1.55. The van der Waals surface area contributed by atoms with Crippen molar-refractivity contribution in [2.45, 2.75) is 19.9 Å². The maximum Gasteiger partial charge on any atom is 0.254 e. The molecule has 1 amide bonds. The molecule has 0 aromatic heterocycles. The fourth-order valence-corrected chi connectivity index (χ4v) is 2.85. The van der Waals surface area contributed by atoms with E-state index in [1.165, 1.54) is 0 Å². The number of carbonyl (C=O) groups excluding carboxylic acids is 1. The zero-order valence-electron chi connectivity index (χ0n) is 12.1. The Morgan fingerprint density at radius 2 is 2.05 bits per heavy atom. The number of aromatic hydroxyl groups is 1. The molecule has 1 N–H and O–H groups in total. The molecule has 1 aromatic carbocycles. The van der Waals surface area contributed by atoms with E-state index in [2.05, 4.69) is 25.9 Å². The predicted molar refractivity (Wildman–Crippen MR) is 75.4 cm³/mol. The van der Waals surface area contributed by atoms with Crippen molar-refractivity contribution in [3.8, 4) is 5.75 Å². The van der Waals surface area contributed by atoms with Crippen molar-refractivity contribution >= 4 is 5.91 Å². The van der Waals surface area contributed by atoms with E-state index in [1.807, 2.05) is 11.8 Å². The van der Waals surface area contributed by atoms with Crippen LogP contribution in [0.5, 0.6) is 5.75 Å². The molecule has 1 aliphatic rings. The molecule has 0 spiro atoms. The van der Waals surface area contributed by atoms with Gasteiger partial charge in [-0.2, -0.15) is 0 Å². The first-order chi connectivity index (χ1) is 8.90. The van der Waals surface area contributed by atoms with Gasteiger partial charge in [-0.1, -0.05) is 6.92 Å². The van der Waals surface area contributed by atoms with Gasteiger partial charge in [0.2, 0.25) is 0 Å². The largest absolute Gasteiger partial charge is 0.508 e. The van der Waals surface area contributed by atoms with Crippen molar-refractivity contribution in [2.24, 2.45) is 5.92 Å². The molecule has 2 rings (SSSR count). The lowest BCUT2D eigenvalue weighted by molar-refractivity contribution is 0.0780. The van der Waals surface area contributed by atoms with E-state index >= 15 is 0 Å². The number of hydrogen-bond acceptors (Lipinski definition) is 3. The maximum atomic E-state index is 12.5. The van der Waals surface area contributed by atoms with Crippen LogP contribution < -0.4 is 0 Å². The van der Waals surface area contributed by atoms with Gasteiger partial charge in [0, 0.05) is 24.7 Å². The minimum Gasteiger partial charge on any atom is -0.508 e. The van der Waals surface area contributed by atoms with Crippen molar-refractivity contribution < 1.29 is 9.90 Å². The third-order valence-electron chi connectivity index (χ3n) is 3.96. The van der Waals surface area contributed by atoms with Crippen LogP contribution in [0.4, 0.5) is 0 Å². The van der Waals surface area contributed by atoms with Gasteiger partial charge in [0.15, 0.2) is 0 Å². The first-order valence-electron chi connectivity index (χ1n) is 6.65. The number of likely N-dealkylation sites (N-methyl/N-ethyl adjacent to an activating group) is 1. The highest BCUT2D eigenvalue weighted by atomic mass is 16.3. The number of likely N-dealkylation sites (tertiary alicyclic amines) is 1. The van der Waals surface area contributed by atoms with E-state index in [0.29, 0.717) is 17.5 Å². The summed E-state index contributed by atoms with van der Waals surface area (Å²) in [4.78, 5) is 16.6. The lowest BCUT2D eigenvalue weighted by Gasteiger charge is -2.22. The molecule has 104 valence electrons. The Morgan fingerprint density at radius 1 is 1.37 bits per heavy atom. The molecule has 0 saturated carbocycles. The van der Waals surface area contributed by atoms with Gasteiger partial charge < -0.3 is 14.9 Å². The molecule has 0 bridgehead atoms. The van der Waals surface area contributed by atoms with E-state index in [4.69, 9.17) is 0 Å². The number of carbonyl (C=O) groups is 1. The first-order valence-corrected chi connectivity index (χ1v) is 6.65. The summed E-state index contributed by atoms with van der Waals surface area (Å²) in [6, 6.07) is 5.33. The normalized spacial score (nSPS) is 23.1. The third kappa shape index (κ3) is 2.73. The van der Waals surface area contributed by atoms with Gasteiger partial charge in [0.05, 0.1) is 0 Å². The minimum absolute atomic E-state index is 0.0636. The predicted octanol–water partition coefficient (Wildman–Crippen LogP) is 1.72. The molecule has 1 fully saturated rings. The number of phenols is 1. The second-order valence-electron chi connectivity index (χ2n) is 5.72. The zero-order valence-corrected chi connectivity index (χ0v) is 12.1. The molecular formula is C15H22N2O2. The molecule has 1 saturated heterocycles. The van der Waals surface area contributed by atoms with Gasteiger partial charge in [-0.15, -0.1) is 0 Å². The highest BCUT2D eigenvalue weighted by Crippen LogP contribution is 2.24. The van der Waals surface area contributed by atoms with Crippen LogP contribution in [0.3, 0.4) is 0 Å². The van der Waals surface area contributed by atoms with Crippen LogP contribution in [-0.2, 0) is 0 Å². The van der Waals surface area contributed by atoms with Gasteiger partial charge in [-0.25, -0.2) is 0 Å². The molecule has 1 aromatic rings. The van der Waals surface area contributed by atoms with E-state index in [1.54, 1.807) is 18.2 Å². The van der Waals surface area contributed by atoms with Crippen molar-refractivity contribution in [2.75, 3.05) is 27.2 Å². The standard InChI is InChI=1S/C15H22N2O2/c1-10-7-12(18)5-6-13(10)15(19)17-8-11(2)14(9-17)16(3)4/h5-7,11,14,18H,8-9H2,1-4H3. The fraction of sp³-hybridized carbons (Fsp3) is 0.533. The van der Waals surface area contributed by atoms with E-state index in [-0.39, 0.29) is 11.7 Å². The summed E-state index contributed by atoms with van der Waals surface area (Å²) in [5.74, 6) is 0.750. The second kappa shape index (κ2) is 5.21. The molecule has 4 heteroatoms. The summed E-state index contributed by atoms with van der Waals surface area (Å²) in [7, 11) is 4.11. The minimum atomic E-state index is 0.0636. The number of hydrogen-bond donors (Lipinski definition) is 1. The quantitative estimate of drug-likeness (QED) is 0.882. The number of nitrogens with zero attached hydrogens (tertiary/aromatic N) is 2. The summed E-state index contributed by atoms with van der Waals surface area (Å²) in [5, 5.41) is 9.41. The summed E-state index contributed by atoms with van der Waals surface area (Å²) in [6.07, 6.45) is 0. The Morgan fingerprint density at radius 3 is 2.58 bits per heavy atom. The van der Waals surface area contributed by atoms with Crippen molar-refractivity contribution in [1.82, 2.24) is 9.80 Å². The van der Waals surface area contributed by atoms with Gasteiger partial charge in [0.1, 0.15) is 5.75 Å². The summed E-state index contributed by atoms with van der Waals surface area (Å²) < 4.78 is 0. The lowest BCUT2D eigenvalue weighted by atomic mass is 10.1. The molecule has 2 atom stereocenters.